The van der Waals surface area contributed by atoms with Crippen LogP contribution < -0.4 is 5.56 Å². The molecule has 1 amide bonds. The van der Waals surface area contributed by atoms with Crippen LogP contribution in [0, 0.1) is 6.92 Å². The van der Waals surface area contributed by atoms with Crippen LogP contribution in [0.1, 0.15) is 35.2 Å². The number of nitrogens with zero attached hydrogens (tertiary/aromatic N) is 1. The van der Waals surface area contributed by atoms with Crippen molar-refractivity contribution in [3.05, 3.63) is 57.9 Å². The number of aryl methyl sites for hydroxylation is 1. The highest BCUT2D eigenvalue weighted by molar-refractivity contribution is 5.94. The van der Waals surface area contributed by atoms with Gasteiger partial charge in [0, 0.05) is 18.8 Å². The zero-order valence-electron chi connectivity index (χ0n) is 12.8. The fourth-order valence-electron chi connectivity index (χ4n) is 2.81. The van der Waals surface area contributed by atoms with Crippen LogP contribution in [0.4, 0.5) is 0 Å². The summed E-state index contributed by atoms with van der Waals surface area (Å²) in [6.45, 7) is 3.52. The molecule has 1 aliphatic heterocycles. The maximum atomic E-state index is 12.4. The van der Waals surface area contributed by atoms with Gasteiger partial charge in [-0.15, -0.1) is 0 Å². The van der Waals surface area contributed by atoms with E-state index in [1.54, 1.807) is 11.0 Å². The molecule has 4 nitrogen and oxygen atoms in total. The predicted molar refractivity (Wildman–Crippen MR) is 87.0 cm³/mol. The first-order chi connectivity index (χ1) is 10.6. The number of hydrogen-bond donors (Lipinski definition) is 1. The van der Waals surface area contributed by atoms with E-state index in [4.69, 9.17) is 0 Å². The molecule has 1 N–H and O–H groups in total. The van der Waals surface area contributed by atoms with Crippen LogP contribution in [0.5, 0.6) is 0 Å². The van der Waals surface area contributed by atoms with Crippen molar-refractivity contribution in [2.24, 2.45) is 0 Å². The summed E-state index contributed by atoms with van der Waals surface area (Å²) in [5.41, 5.74) is 2.77. The Hall–Kier alpha value is -2.36. The summed E-state index contributed by atoms with van der Waals surface area (Å²) in [5.74, 6) is -0.156. The van der Waals surface area contributed by atoms with Gasteiger partial charge in [0.1, 0.15) is 5.56 Å². The Bertz CT molecular complexity index is 725. The lowest BCUT2D eigenvalue weighted by Gasteiger charge is -2.26. The summed E-state index contributed by atoms with van der Waals surface area (Å²) >= 11 is 0. The molecule has 22 heavy (non-hydrogen) atoms. The monoisotopic (exact) mass is 296 g/mol. The average Bonchev–Trinajstić information content (AvgIpc) is 2.56. The van der Waals surface area contributed by atoms with Crippen molar-refractivity contribution < 1.29 is 4.79 Å². The van der Waals surface area contributed by atoms with E-state index in [0.717, 1.165) is 43.6 Å². The zero-order valence-corrected chi connectivity index (χ0v) is 12.8. The van der Waals surface area contributed by atoms with Gasteiger partial charge in [-0.05, 0) is 43.9 Å². The molecular weight excluding hydrogens is 276 g/mol. The van der Waals surface area contributed by atoms with Crippen LogP contribution in [-0.4, -0.2) is 28.9 Å². The minimum Gasteiger partial charge on any atom is -0.338 e. The van der Waals surface area contributed by atoms with E-state index < -0.39 is 0 Å². The van der Waals surface area contributed by atoms with E-state index in [1.807, 2.05) is 37.3 Å². The third kappa shape index (κ3) is 2.96. The second kappa shape index (κ2) is 6.18. The number of aromatic nitrogens is 1. The maximum absolute atomic E-state index is 12.4. The number of aromatic amines is 1. The molecule has 3 rings (SSSR count). The molecule has 114 valence electrons. The average molecular weight is 296 g/mol. The molecule has 2 aromatic rings. The van der Waals surface area contributed by atoms with Gasteiger partial charge in [0.2, 0.25) is 0 Å². The highest BCUT2D eigenvalue weighted by Crippen LogP contribution is 2.17. The molecule has 0 radical (unpaired) electrons. The molecule has 0 unspecified atom stereocenters. The number of pyridine rings is 1. The number of piperidine rings is 1. The molecule has 0 atom stereocenters. The normalized spacial score (nSPS) is 14.9. The van der Waals surface area contributed by atoms with Crippen LogP contribution in [0.15, 0.2) is 41.2 Å². The number of hydrogen-bond acceptors (Lipinski definition) is 2. The first-order valence-corrected chi connectivity index (χ1v) is 7.75. The van der Waals surface area contributed by atoms with Gasteiger partial charge in [0.05, 0.1) is 0 Å². The molecule has 1 fully saturated rings. The van der Waals surface area contributed by atoms with Crippen LogP contribution >= 0.6 is 0 Å². The summed E-state index contributed by atoms with van der Waals surface area (Å²) in [6, 6.07) is 11.4. The fourth-order valence-corrected chi connectivity index (χ4v) is 2.81. The molecule has 2 heterocycles. The standard InChI is InChI=1S/C18H20N2O2/c1-13-5-7-14(8-6-13)16-10-9-15(17(21)19-16)18(22)20-11-3-2-4-12-20/h5-10H,2-4,11-12H2,1H3,(H,19,21). The number of rotatable bonds is 2. The Kier molecular flexibility index (Phi) is 4.09. The van der Waals surface area contributed by atoms with Gasteiger partial charge in [0.25, 0.3) is 11.5 Å². The van der Waals surface area contributed by atoms with Crippen LogP contribution in [-0.2, 0) is 0 Å². The van der Waals surface area contributed by atoms with Crippen LogP contribution in [0.2, 0.25) is 0 Å². The molecule has 1 aromatic carbocycles. The molecule has 0 bridgehead atoms. The second-order valence-electron chi connectivity index (χ2n) is 5.83. The van der Waals surface area contributed by atoms with Crippen molar-refractivity contribution >= 4 is 5.91 Å². The van der Waals surface area contributed by atoms with Crippen molar-refractivity contribution in [3.63, 3.8) is 0 Å². The first kappa shape index (κ1) is 14.6. The maximum Gasteiger partial charge on any atom is 0.261 e. The fraction of sp³-hybridized carbons (Fsp3) is 0.333. The lowest BCUT2D eigenvalue weighted by atomic mass is 10.1. The van der Waals surface area contributed by atoms with Gasteiger partial charge >= 0.3 is 0 Å². The number of likely N-dealkylation sites (tertiary alicyclic amines) is 1. The topological polar surface area (TPSA) is 53.2 Å². The Labute approximate surface area is 129 Å². The largest absolute Gasteiger partial charge is 0.338 e. The number of benzene rings is 1. The van der Waals surface area contributed by atoms with Crippen molar-refractivity contribution in [1.29, 1.82) is 0 Å². The lowest BCUT2D eigenvalue weighted by Crippen LogP contribution is -2.38. The summed E-state index contributed by atoms with van der Waals surface area (Å²) < 4.78 is 0. The first-order valence-electron chi connectivity index (χ1n) is 7.75. The second-order valence-corrected chi connectivity index (χ2v) is 5.83. The van der Waals surface area contributed by atoms with E-state index in [9.17, 15) is 9.59 Å². The zero-order chi connectivity index (χ0) is 15.5. The molecule has 1 aromatic heterocycles. The van der Waals surface area contributed by atoms with Gasteiger partial charge in [-0.25, -0.2) is 0 Å². The molecule has 0 saturated carbocycles. The smallest absolute Gasteiger partial charge is 0.261 e. The lowest BCUT2D eigenvalue weighted by molar-refractivity contribution is 0.0722. The van der Waals surface area contributed by atoms with E-state index in [0.29, 0.717) is 0 Å². The number of nitrogens with one attached hydrogen (secondary N) is 1. The van der Waals surface area contributed by atoms with Gasteiger partial charge in [0.15, 0.2) is 0 Å². The Morgan fingerprint density at radius 2 is 1.68 bits per heavy atom. The summed E-state index contributed by atoms with van der Waals surface area (Å²) in [4.78, 5) is 29.3. The van der Waals surface area contributed by atoms with Gasteiger partial charge < -0.3 is 9.88 Å². The summed E-state index contributed by atoms with van der Waals surface area (Å²) in [5, 5.41) is 0. The summed E-state index contributed by atoms with van der Waals surface area (Å²) in [6.07, 6.45) is 3.20. The predicted octanol–water partition coefficient (Wildman–Crippen LogP) is 2.98. The van der Waals surface area contributed by atoms with Gasteiger partial charge in [-0.3, -0.25) is 9.59 Å². The molecule has 1 aliphatic rings. The SMILES string of the molecule is Cc1ccc(-c2ccc(C(=O)N3CCCCC3)c(=O)[nH]2)cc1. The van der Waals surface area contributed by atoms with Crippen LogP contribution in [0.25, 0.3) is 11.3 Å². The molecule has 0 aliphatic carbocycles. The summed E-state index contributed by atoms with van der Waals surface area (Å²) in [7, 11) is 0. The van der Waals surface area contributed by atoms with Crippen molar-refractivity contribution in [2.75, 3.05) is 13.1 Å². The number of amides is 1. The molecule has 1 saturated heterocycles. The van der Waals surface area contributed by atoms with E-state index in [-0.39, 0.29) is 17.0 Å². The number of carbonyl (C=O) groups excluding carboxylic acids is 1. The minimum atomic E-state index is -0.311. The highest BCUT2D eigenvalue weighted by atomic mass is 16.2. The van der Waals surface area contributed by atoms with E-state index in [1.165, 1.54) is 5.56 Å². The van der Waals surface area contributed by atoms with Gasteiger partial charge in [-0.2, -0.15) is 0 Å². The Balaban J connectivity index is 1.87. The van der Waals surface area contributed by atoms with E-state index in [2.05, 4.69) is 4.98 Å². The minimum absolute atomic E-state index is 0.156. The number of H-pyrrole nitrogens is 1. The van der Waals surface area contributed by atoms with Gasteiger partial charge in [-0.1, -0.05) is 29.8 Å². The molecular formula is C18H20N2O2. The quantitative estimate of drug-likeness (QED) is 0.926. The number of carbonyl (C=O) groups is 1. The molecule has 0 spiro atoms. The van der Waals surface area contributed by atoms with Crippen LogP contribution in [0.3, 0.4) is 0 Å². The van der Waals surface area contributed by atoms with Crippen molar-refractivity contribution in [2.45, 2.75) is 26.2 Å². The Morgan fingerprint density at radius 1 is 1.00 bits per heavy atom. The van der Waals surface area contributed by atoms with Crippen molar-refractivity contribution in [1.82, 2.24) is 9.88 Å². The third-order valence-corrected chi connectivity index (χ3v) is 4.15. The van der Waals surface area contributed by atoms with E-state index >= 15 is 0 Å². The Morgan fingerprint density at radius 3 is 2.32 bits per heavy atom. The van der Waals surface area contributed by atoms with Crippen molar-refractivity contribution in [3.8, 4) is 11.3 Å². The molecule has 4 heteroatoms. The third-order valence-electron chi connectivity index (χ3n) is 4.15. The highest BCUT2D eigenvalue weighted by Gasteiger charge is 2.20.